The highest BCUT2D eigenvalue weighted by Crippen LogP contribution is 2.26. The Morgan fingerprint density at radius 1 is 1.39 bits per heavy atom. The van der Waals surface area contributed by atoms with Gasteiger partial charge >= 0.3 is 5.69 Å². The molecule has 0 radical (unpaired) electrons. The fraction of sp³-hybridized carbons (Fsp3) is 0.294. The van der Waals surface area contributed by atoms with Gasteiger partial charge in [-0.1, -0.05) is 0 Å². The quantitative estimate of drug-likeness (QED) is 0.328. The Balaban J connectivity index is 1.95. The number of rotatable bonds is 7. The number of hydrogen-bond acceptors (Lipinski definition) is 8. The summed E-state index contributed by atoms with van der Waals surface area (Å²) >= 11 is 0. The number of nitrogens with zero attached hydrogens (tertiary/aromatic N) is 4. The zero-order valence-electron chi connectivity index (χ0n) is 15.3. The molecule has 0 aliphatic carbocycles. The van der Waals surface area contributed by atoms with Crippen LogP contribution in [0.3, 0.4) is 0 Å². The molecule has 1 aromatic carbocycles. The Morgan fingerprint density at radius 3 is 2.89 bits per heavy atom. The highest BCUT2D eigenvalue weighted by Gasteiger charge is 2.16. The molecule has 148 valence electrons. The lowest BCUT2D eigenvalue weighted by Crippen LogP contribution is -2.29. The lowest BCUT2D eigenvalue weighted by Gasteiger charge is -2.07. The number of aliphatic hydroxyl groups is 1. The average molecular weight is 388 g/mol. The van der Waals surface area contributed by atoms with E-state index in [0.717, 1.165) is 0 Å². The summed E-state index contributed by atoms with van der Waals surface area (Å²) < 4.78 is 7.96. The lowest BCUT2D eigenvalue weighted by atomic mass is 10.2. The van der Waals surface area contributed by atoms with Crippen molar-refractivity contribution in [3.63, 3.8) is 0 Å². The number of hydrazone groups is 1. The van der Waals surface area contributed by atoms with Gasteiger partial charge in [0, 0.05) is 13.6 Å². The van der Waals surface area contributed by atoms with E-state index in [2.05, 4.69) is 20.5 Å². The summed E-state index contributed by atoms with van der Waals surface area (Å²) in [5.74, 6) is 0.549. The minimum Gasteiger partial charge on any atom is -0.504 e. The Kier molecular flexibility index (Phi) is 5.45. The molecule has 3 aromatic rings. The van der Waals surface area contributed by atoms with E-state index >= 15 is 0 Å². The van der Waals surface area contributed by atoms with Crippen molar-refractivity contribution in [2.45, 2.75) is 13.5 Å². The van der Waals surface area contributed by atoms with E-state index in [-0.39, 0.29) is 36.0 Å². The number of benzene rings is 1. The summed E-state index contributed by atoms with van der Waals surface area (Å²) in [5.41, 5.74) is 2.50. The highest BCUT2D eigenvalue weighted by molar-refractivity contribution is 5.81. The second kappa shape index (κ2) is 7.96. The minimum atomic E-state index is -0.601. The summed E-state index contributed by atoms with van der Waals surface area (Å²) in [7, 11) is 1.48. The van der Waals surface area contributed by atoms with Crippen LogP contribution in [0.2, 0.25) is 0 Å². The van der Waals surface area contributed by atoms with Gasteiger partial charge in [0.2, 0.25) is 5.95 Å². The molecule has 3 rings (SSSR count). The first-order chi connectivity index (χ1) is 13.5. The molecule has 11 heteroatoms. The number of hydrogen-bond donors (Lipinski definition) is 4. The molecule has 0 fully saturated rings. The molecular formula is C17H20N6O5. The van der Waals surface area contributed by atoms with Gasteiger partial charge in [-0.3, -0.25) is 14.3 Å². The summed E-state index contributed by atoms with van der Waals surface area (Å²) in [5, 5.41) is 23.1. The van der Waals surface area contributed by atoms with Crippen LogP contribution in [-0.2, 0) is 13.6 Å². The van der Waals surface area contributed by atoms with Gasteiger partial charge in [0.15, 0.2) is 22.7 Å². The van der Waals surface area contributed by atoms with Gasteiger partial charge in [0.1, 0.15) is 0 Å². The SMILES string of the molecule is CCOc1cc(/C=N\Nc2nc3c(c(=O)[nH]c(=O)n3C)n2CCO)ccc1O. The van der Waals surface area contributed by atoms with Crippen LogP contribution in [0.4, 0.5) is 5.95 Å². The third kappa shape index (κ3) is 3.60. The molecule has 28 heavy (non-hydrogen) atoms. The molecule has 0 unspecified atom stereocenters. The monoisotopic (exact) mass is 388 g/mol. The maximum atomic E-state index is 12.2. The molecule has 2 heterocycles. The van der Waals surface area contributed by atoms with E-state index < -0.39 is 11.2 Å². The Morgan fingerprint density at radius 2 is 2.18 bits per heavy atom. The highest BCUT2D eigenvalue weighted by atomic mass is 16.5. The first kappa shape index (κ1) is 19.2. The number of aliphatic hydroxyl groups excluding tert-OH is 1. The number of nitrogens with one attached hydrogen (secondary N) is 2. The molecule has 11 nitrogen and oxygen atoms in total. The van der Waals surface area contributed by atoms with E-state index in [1.165, 1.54) is 28.5 Å². The van der Waals surface area contributed by atoms with Gasteiger partial charge in [-0.05, 0) is 30.7 Å². The third-order valence-corrected chi connectivity index (χ3v) is 3.99. The maximum Gasteiger partial charge on any atom is 0.329 e. The van der Waals surface area contributed by atoms with Crippen molar-refractivity contribution in [1.29, 1.82) is 0 Å². The number of imidazole rings is 1. The van der Waals surface area contributed by atoms with E-state index in [9.17, 15) is 19.8 Å². The number of aromatic amines is 1. The van der Waals surface area contributed by atoms with E-state index in [4.69, 9.17) is 4.74 Å². The lowest BCUT2D eigenvalue weighted by molar-refractivity contribution is 0.278. The molecule has 0 bridgehead atoms. The number of H-pyrrole nitrogens is 1. The second-order valence-electron chi connectivity index (χ2n) is 5.83. The molecule has 2 aromatic heterocycles. The molecule has 0 spiro atoms. The van der Waals surface area contributed by atoms with E-state index in [1.54, 1.807) is 12.1 Å². The first-order valence-electron chi connectivity index (χ1n) is 8.51. The number of phenols is 1. The van der Waals surface area contributed by atoms with Crippen molar-refractivity contribution in [2.24, 2.45) is 12.1 Å². The number of ether oxygens (including phenoxy) is 1. The van der Waals surface area contributed by atoms with Crippen LogP contribution in [0.5, 0.6) is 11.5 Å². The van der Waals surface area contributed by atoms with Crippen LogP contribution in [-0.4, -0.2) is 48.7 Å². The van der Waals surface area contributed by atoms with Crippen LogP contribution in [0.1, 0.15) is 12.5 Å². The standard InChI is InChI=1S/C17H20N6O5/c1-3-28-12-8-10(4-5-11(12)25)9-18-21-16-19-14-13(23(16)6-7-24)15(26)20-17(27)22(14)2/h4-5,8-9,24-25H,3,6-7H2,1-2H3,(H,19,21)(H,20,26,27)/b18-9-. The average Bonchev–Trinajstić information content (AvgIpc) is 3.02. The van der Waals surface area contributed by atoms with Gasteiger partial charge in [-0.15, -0.1) is 0 Å². The van der Waals surface area contributed by atoms with Crippen molar-refractivity contribution in [3.8, 4) is 11.5 Å². The number of anilines is 1. The summed E-state index contributed by atoms with van der Waals surface area (Å²) in [6, 6.07) is 4.76. The molecule has 0 saturated heterocycles. The van der Waals surface area contributed by atoms with Crippen LogP contribution in [0.15, 0.2) is 32.9 Å². The maximum absolute atomic E-state index is 12.2. The Labute approximate surface area is 158 Å². The largest absolute Gasteiger partial charge is 0.504 e. The van der Waals surface area contributed by atoms with Crippen molar-refractivity contribution in [1.82, 2.24) is 19.1 Å². The fourth-order valence-electron chi connectivity index (χ4n) is 2.68. The van der Waals surface area contributed by atoms with Crippen molar-refractivity contribution >= 4 is 23.3 Å². The number of aromatic nitrogens is 4. The number of phenolic OH excluding ortho intramolecular Hbond substituents is 1. The van der Waals surface area contributed by atoms with Crippen LogP contribution < -0.4 is 21.4 Å². The van der Waals surface area contributed by atoms with Gasteiger partial charge in [0.25, 0.3) is 5.56 Å². The zero-order chi connectivity index (χ0) is 20.3. The molecule has 0 amide bonds. The molecule has 0 aliphatic heterocycles. The van der Waals surface area contributed by atoms with Crippen molar-refractivity contribution < 1.29 is 14.9 Å². The van der Waals surface area contributed by atoms with Gasteiger partial charge in [0.05, 0.1) is 19.4 Å². The summed E-state index contributed by atoms with van der Waals surface area (Å²) in [4.78, 5) is 30.4. The molecule has 0 saturated carbocycles. The van der Waals surface area contributed by atoms with Crippen LogP contribution >= 0.6 is 0 Å². The predicted octanol–water partition coefficient (Wildman–Crippen LogP) is -0.0341. The zero-order valence-corrected chi connectivity index (χ0v) is 15.3. The first-order valence-corrected chi connectivity index (χ1v) is 8.51. The molecular weight excluding hydrogens is 368 g/mol. The molecule has 0 aliphatic rings. The number of aryl methyl sites for hydroxylation is 1. The van der Waals surface area contributed by atoms with Gasteiger partial charge in [-0.25, -0.2) is 10.2 Å². The summed E-state index contributed by atoms with van der Waals surface area (Å²) in [6.07, 6.45) is 1.48. The minimum absolute atomic E-state index is 0.0249. The van der Waals surface area contributed by atoms with E-state index in [1.807, 2.05) is 6.92 Å². The second-order valence-corrected chi connectivity index (χ2v) is 5.83. The van der Waals surface area contributed by atoms with E-state index in [0.29, 0.717) is 17.9 Å². The Bertz CT molecular complexity index is 1140. The van der Waals surface area contributed by atoms with Crippen molar-refractivity contribution in [2.75, 3.05) is 18.6 Å². The molecule has 4 N–H and O–H groups in total. The topological polar surface area (TPSA) is 147 Å². The van der Waals surface area contributed by atoms with Gasteiger partial charge in [-0.2, -0.15) is 10.1 Å². The normalized spacial score (nSPS) is 11.4. The van der Waals surface area contributed by atoms with Crippen molar-refractivity contribution in [3.05, 3.63) is 44.6 Å². The summed E-state index contributed by atoms with van der Waals surface area (Å²) in [6.45, 7) is 2.07. The van der Waals surface area contributed by atoms with Gasteiger partial charge < -0.3 is 19.5 Å². The third-order valence-electron chi connectivity index (χ3n) is 3.99. The molecule has 0 atom stereocenters. The van der Waals surface area contributed by atoms with Crippen LogP contribution in [0.25, 0.3) is 11.2 Å². The Hall–Kier alpha value is -3.60. The predicted molar refractivity (Wildman–Crippen MR) is 103 cm³/mol. The number of fused-ring (bicyclic) bond motifs is 1. The fourth-order valence-corrected chi connectivity index (χ4v) is 2.68. The number of aromatic hydroxyl groups is 1. The van der Waals surface area contributed by atoms with Crippen LogP contribution in [0, 0.1) is 0 Å². The smallest absolute Gasteiger partial charge is 0.329 e.